The monoisotopic (exact) mass is 218 g/mol. The van der Waals surface area contributed by atoms with Gasteiger partial charge in [-0.2, -0.15) is 5.26 Å². The van der Waals surface area contributed by atoms with E-state index in [9.17, 15) is 0 Å². The van der Waals surface area contributed by atoms with Crippen molar-refractivity contribution in [2.45, 2.75) is 19.3 Å². The maximum atomic E-state index is 8.78. The summed E-state index contributed by atoms with van der Waals surface area (Å²) in [6.45, 7) is 0. The van der Waals surface area contributed by atoms with E-state index in [2.05, 4.69) is 18.2 Å². The molecule has 0 aliphatic heterocycles. The van der Waals surface area contributed by atoms with Crippen molar-refractivity contribution >= 4 is 17.2 Å². The lowest BCUT2D eigenvalue weighted by Crippen LogP contribution is -2.19. The Bertz CT molecular complexity index is 354. The molecule has 0 saturated carbocycles. The third-order valence-corrected chi connectivity index (χ3v) is 2.58. The third kappa shape index (κ3) is 4.09. The molecule has 0 bridgehead atoms. The molecule has 0 spiro atoms. The molecule has 15 heavy (non-hydrogen) atoms. The quantitative estimate of drug-likeness (QED) is 0.772. The van der Waals surface area contributed by atoms with E-state index >= 15 is 0 Å². The van der Waals surface area contributed by atoms with Gasteiger partial charge in [0.25, 0.3) is 0 Å². The average Bonchev–Trinajstić information content (AvgIpc) is 2.25. The number of thiocarbonyl (C=S) groups is 1. The first-order valence-electron chi connectivity index (χ1n) is 4.97. The maximum Gasteiger partial charge on any atom is 0.0962 e. The molecule has 1 aromatic carbocycles. The minimum Gasteiger partial charge on any atom is -0.392 e. The Morgan fingerprint density at radius 3 is 2.60 bits per heavy atom. The van der Waals surface area contributed by atoms with Crippen LogP contribution >= 0.6 is 12.2 Å². The molecule has 2 N–H and O–H groups in total. The van der Waals surface area contributed by atoms with Crippen LogP contribution in [0.3, 0.4) is 0 Å². The van der Waals surface area contributed by atoms with Gasteiger partial charge in [-0.1, -0.05) is 42.5 Å². The van der Waals surface area contributed by atoms with E-state index < -0.39 is 0 Å². The Morgan fingerprint density at radius 1 is 1.40 bits per heavy atom. The fraction of sp³-hybridized carbons (Fsp3) is 0.333. The Hall–Kier alpha value is -1.40. The molecule has 0 amide bonds. The first-order valence-corrected chi connectivity index (χ1v) is 5.37. The first kappa shape index (κ1) is 11.7. The summed E-state index contributed by atoms with van der Waals surface area (Å²) in [5.41, 5.74) is 6.72. The molecule has 1 aromatic rings. The summed E-state index contributed by atoms with van der Waals surface area (Å²) in [7, 11) is 0. The van der Waals surface area contributed by atoms with Crippen molar-refractivity contribution in [2.75, 3.05) is 0 Å². The van der Waals surface area contributed by atoms with E-state index in [-0.39, 0.29) is 5.92 Å². The summed E-state index contributed by atoms with van der Waals surface area (Å²) in [6.07, 6.45) is 2.67. The Labute approximate surface area is 95.7 Å². The Morgan fingerprint density at radius 2 is 2.07 bits per heavy atom. The van der Waals surface area contributed by atoms with E-state index in [0.29, 0.717) is 4.99 Å². The number of rotatable bonds is 5. The third-order valence-electron chi connectivity index (χ3n) is 2.30. The number of hydrogen-bond donors (Lipinski definition) is 1. The van der Waals surface area contributed by atoms with Crippen molar-refractivity contribution in [3.63, 3.8) is 0 Å². The van der Waals surface area contributed by atoms with Gasteiger partial charge in [0.1, 0.15) is 0 Å². The summed E-state index contributed by atoms with van der Waals surface area (Å²) >= 11 is 4.80. The van der Waals surface area contributed by atoms with Gasteiger partial charge in [0, 0.05) is 0 Å². The van der Waals surface area contributed by atoms with Crippen LogP contribution in [0.1, 0.15) is 18.4 Å². The van der Waals surface area contributed by atoms with Gasteiger partial charge >= 0.3 is 0 Å². The normalized spacial score (nSPS) is 11.7. The predicted molar refractivity (Wildman–Crippen MR) is 65.3 cm³/mol. The molecule has 2 nitrogen and oxygen atoms in total. The maximum absolute atomic E-state index is 8.78. The molecule has 78 valence electrons. The number of nitrogens with zero attached hydrogens (tertiary/aromatic N) is 1. The average molecular weight is 218 g/mol. The molecule has 0 fully saturated rings. The summed E-state index contributed by atoms with van der Waals surface area (Å²) in [5, 5.41) is 8.78. The summed E-state index contributed by atoms with van der Waals surface area (Å²) < 4.78 is 0. The second-order valence-electron chi connectivity index (χ2n) is 3.46. The Balaban J connectivity index is 2.34. The molecule has 0 saturated heterocycles. The van der Waals surface area contributed by atoms with Crippen LogP contribution < -0.4 is 5.73 Å². The van der Waals surface area contributed by atoms with Crippen molar-refractivity contribution < 1.29 is 0 Å². The summed E-state index contributed by atoms with van der Waals surface area (Å²) in [4.78, 5) is 0.311. The van der Waals surface area contributed by atoms with E-state index in [4.69, 9.17) is 23.2 Å². The molecule has 0 aliphatic rings. The van der Waals surface area contributed by atoms with E-state index in [1.165, 1.54) is 5.56 Å². The molecule has 0 aromatic heterocycles. The van der Waals surface area contributed by atoms with Crippen LogP contribution in [0.25, 0.3) is 0 Å². The van der Waals surface area contributed by atoms with Crippen LogP contribution in [0, 0.1) is 17.2 Å². The van der Waals surface area contributed by atoms with Gasteiger partial charge in [0.15, 0.2) is 0 Å². The van der Waals surface area contributed by atoms with Crippen LogP contribution in [-0.2, 0) is 6.42 Å². The Kier molecular flexibility index (Phi) is 4.79. The fourth-order valence-corrected chi connectivity index (χ4v) is 1.60. The lowest BCUT2D eigenvalue weighted by molar-refractivity contribution is 0.687. The summed E-state index contributed by atoms with van der Waals surface area (Å²) in [6, 6.07) is 12.3. The molecule has 1 atom stereocenters. The zero-order valence-corrected chi connectivity index (χ0v) is 9.33. The fourth-order valence-electron chi connectivity index (χ4n) is 1.43. The lowest BCUT2D eigenvalue weighted by atomic mass is 10.0. The highest BCUT2D eigenvalue weighted by Crippen LogP contribution is 2.10. The van der Waals surface area contributed by atoms with Gasteiger partial charge in [-0.15, -0.1) is 0 Å². The van der Waals surface area contributed by atoms with Gasteiger partial charge in [-0.3, -0.25) is 0 Å². The minimum absolute atomic E-state index is 0.274. The SMILES string of the molecule is N#CC(CCCc1ccccc1)C(N)=S. The zero-order valence-electron chi connectivity index (χ0n) is 8.52. The van der Waals surface area contributed by atoms with Gasteiger partial charge in [0.05, 0.1) is 17.0 Å². The molecule has 0 aliphatic carbocycles. The molecule has 3 heteroatoms. The van der Waals surface area contributed by atoms with Gasteiger partial charge in [0.2, 0.25) is 0 Å². The number of nitrogens with two attached hydrogens (primary N) is 1. The zero-order chi connectivity index (χ0) is 11.1. The molecule has 1 unspecified atom stereocenters. The van der Waals surface area contributed by atoms with Crippen molar-refractivity contribution in [2.24, 2.45) is 11.7 Å². The number of nitriles is 1. The van der Waals surface area contributed by atoms with Crippen LogP contribution in [0.4, 0.5) is 0 Å². The van der Waals surface area contributed by atoms with Crippen LogP contribution in [0.5, 0.6) is 0 Å². The second-order valence-corrected chi connectivity index (χ2v) is 3.93. The smallest absolute Gasteiger partial charge is 0.0962 e. The van der Waals surface area contributed by atoms with Crippen molar-refractivity contribution in [1.29, 1.82) is 5.26 Å². The molecular weight excluding hydrogens is 204 g/mol. The molecule has 1 rings (SSSR count). The second kappa shape index (κ2) is 6.15. The highest BCUT2D eigenvalue weighted by Gasteiger charge is 2.09. The molecule has 0 heterocycles. The van der Waals surface area contributed by atoms with E-state index in [1.807, 2.05) is 18.2 Å². The largest absolute Gasteiger partial charge is 0.392 e. The van der Waals surface area contributed by atoms with Crippen molar-refractivity contribution in [3.05, 3.63) is 35.9 Å². The number of aryl methyl sites for hydroxylation is 1. The van der Waals surface area contributed by atoms with Crippen molar-refractivity contribution in [3.8, 4) is 6.07 Å². The van der Waals surface area contributed by atoms with E-state index in [0.717, 1.165) is 19.3 Å². The number of benzene rings is 1. The van der Waals surface area contributed by atoms with Crippen LogP contribution in [0.2, 0.25) is 0 Å². The van der Waals surface area contributed by atoms with Gasteiger partial charge in [-0.25, -0.2) is 0 Å². The van der Waals surface area contributed by atoms with E-state index in [1.54, 1.807) is 0 Å². The predicted octanol–water partition coefficient (Wildman–Crippen LogP) is 2.44. The summed E-state index contributed by atoms with van der Waals surface area (Å²) in [5.74, 6) is -0.274. The lowest BCUT2D eigenvalue weighted by Gasteiger charge is -2.06. The molecular formula is C12H14N2S. The molecule has 0 radical (unpaired) electrons. The topological polar surface area (TPSA) is 49.8 Å². The highest BCUT2D eigenvalue weighted by atomic mass is 32.1. The first-order chi connectivity index (χ1) is 7.24. The number of hydrogen-bond acceptors (Lipinski definition) is 2. The minimum atomic E-state index is -0.274. The van der Waals surface area contributed by atoms with Crippen LogP contribution in [0.15, 0.2) is 30.3 Å². The van der Waals surface area contributed by atoms with Crippen LogP contribution in [-0.4, -0.2) is 4.99 Å². The van der Waals surface area contributed by atoms with Gasteiger partial charge < -0.3 is 5.73 Å². The standard InChI is InChI=1S/C12H14N2S/c13-9-11(12(14)15)8-4-7-10-5-2-1-3-6-10/h1-3,5-6,11H,4,7-8H2,(H2,14,15). The van der Waals surface area contributed by atoms with Gasteiger partial charge in [-0.05, 0) is 24.8 Å². The highest BCUT2D eigenvalue weighted by molar-refractivity contribution is 7.80. The van der Waals surface area contributed by atoms with Crippen molar-refractivity contribution in [1.82, 2.24) is 0 Å².